The van der Waals surface area contributed by atoms with Gasteiger partial charge in [0.25, 0.3) is 0 Å². The van der Waals surface area contributed by atoms with Gasteiger partial charge in [-0.25, -0.2) is 4.39 Å². The molecule has 0 aliphatic heterocycles. The van der Waals surface area contributed by atoms with Crippen LogP contribution in [0, 0.1) is 5.82 Å². The summed E-state index contributed by atoms with van der Waals surface area (Å²) in [6.07, 6.45) is 0.388. The Kier molecular flexibility index (Phi) is 10.6. The van der Waals surface area contributed by atoms with E-state index in [1.54, 1.807) is 17.0 Å². The van der Waals surface area contributed by atoms with Crippen molar-refractivity contribution in [2.45, 2.75) is 31.7 Å². The van der Waals surface area contributed by atoms with E-state index in [0.29, 0.717) is 23.6 Å². The van der Waals surface area contributed by atoms with E-state index in [4.69, 9.17) is 11.6 Å². The Bertz CT molecular complexity index is 1110. The van der Waals surface area contributed by atoms with Gasteiger partial charge in [0.05, 0.1) is 5.75 Å². The second kappa shape index (κ2) is 13.7. The van der Waals surface area contributed by atoms with E-state index in [0.717, 1.165) is 15.6 Å². The molecule has 1 N–H and O–H groups in total. The maximum Gasteiger partial charge on any atom is 0.243 e. The molecule has 0 aliphatic rings. The molecule has 0 saturated heterocycles. The molecular formula is C27H27BrClFN2O2S. The maximum atomic E-state index is 14.2. The van der Waals surface area contributed by atoms with Crippen LogP contribution in [0.3, 0.4) is 0 Å². The Labute approximate surface area is 223 Å². The standard InChI is InChI=1S/C27H27BrClFN2O2S/c1-2-31-27(34)25(15-19-7-4-3-5-8-19)32(16-20-11-13-21(28)14-12-20)26(33)18-35-17-22-23(29)9-6-10-24(22)30/h3-14,25H,2,15-18H2,1H3,(H,31,34)/t25-/m1/s1. The van der Waals surface area contributed by atoms with Crippen molar-refractivity contribution in [3.63, 3.8) is 0 Å². The first-order valence-corrected chi connectivity index (χ1v) is 13.6. The van der Waals surface area contributed by atoms with Gasteiger partial charge in [-0.2, -0.15) is 0 Å². The summed E-state index contributed by atoms with van der Waals surface area (Å²) in [5.41, 5.74) is 2.24. The van der Waals surface area contributed by atoms with E-state index in [2.05, 4.69) is 21.2 Å². The minimum atomic E-state index is -0.689. The van der Waals surface area contributed by atoms with Crippen molar-refractivity contribution in [3.05, 3.63) is 105 Å². The van der Waals surface area contributed by atoms with Crippen molar-refractivity contribution in [1.82, 2.24) is 10.2 Å². The van der Waals surface area contributed by atoms with Gasteiger partial charge < -0.3 is 10.2 Å². The molecule has 184 valence electrons. The van der Waals surface area contributed by atoms with Crippen molar-refractivity contribution in [2.75, 3.05) is 12.3 Å². The number of rotatable bonds is 11. The van der Waals surface area contributed by atoms with Crippen LogP contribution in [-0.2, 0) is 28.3 Å². The third kappa shape index (κ3) is 8.09. The summed E-state index contributed by atoms with van der Waals surface area (Å²) in [5, 5.41) is 3.21. The molecule has 3 rings (SSSR count). The molecular weight excluding hydrogens is 551 g/mol. The summed E-state index contributed by atoms with van der Waals surface area (Å²) < 4.78 is 15.1. The topological polar surface area (TPSA) is 49.4 Å². The van der Waals surface area contributed by atoms with Gasteiger partial charge in [-0.3, -0.25) is 9.59 Å². The Morgan fingerprint density at radius 3 is 2.40 bits per heavy atom. The van der Waals surface area contributed by atoms with Gasteiger partial charge in [0.1, 0.15) is 11.9 Å². The summed E-state index contributed by atoms with van der Waals surface area (Å²) >= 11 is 10.9. The zero-order valence-corrected chi connectivity index (χ0v) is 22.5. The Balaban J connectivity index is 1.84. The van der Waals surface area contributed by atoms with E-state index in [9.17, 15) is 14.0 Å². The number of carbonyl (C=O) groups is 2. The number of hydrogen-bond donors (Lipinski definition) is 1. The summed E-state index contributed by atoms with van der Waals surface area (Å²) in [7, 11) is 0. The molecule has 0 unspecified atom stereocenters. The predicted molar refractivity (Wildman–Crippen MR) is 145 cm³/mol. The molecule has 0 bridgehead atoms. The number of likely N-dealkylation sites (N-methyl/N-ethyl adjacent to an activating group) is 1. The first-order valence-electron chi connectivity index (χ1n) is 11.2. The fourth-order valence-corrected chi connectivity index (χ4v) is 5.14. The largest absolute Gasteiger partial charge is 0.355 e. The first-order chi connectivity index (χ1) is 16.9. The molecule has 0 saturated carbocycles. The molecule has 0 aliphatic carbocycles. The van der Waals surface area contributed by atoms with E-state index in [1.807, 2.05) is 61.5 Å². The molecule has 0 heterocycles. The van der Waals surface area contributed by atoms with Crippen LogP contribution in [0.15, 0.2) is 77.3 Å². The van der Waals surface area contributed by atoms with Crippen molar-refractivity contribution >= 4 is 51.1 Å². The highest BCUT2D eigenvalue weighted by Crippen LogP contribution is 2.25. The number of nitrogens with one attached hydrogen (secondary N) is 1. The van der Waals surface area contributed by atoms with Crippen LogP contribution in [0.1, 0.15) is 23.6 Å². The zero-order valence-electron chi connectivity index (χ0n) is 19.3. The number of hydrogen-bond acceptors (Lipinski definition) is 3. The van der Waals surface area contributed by atoms with E-state index in [1.165, 1.54) is 17.8 Å². The lowest BCUT2D eigenvalue weighted by molar-refractivity contribution is -0.139. The summed E-state index contributed by atoms with van der Waals surface area (Å²) in [5.74, 6) is -0.449. The van der Waals surface area contributed by atoms with E-state index in [-0.39, 0.29) is 29.9 Å². The van der Waals surface area contributed by atoms with Crippen LogP contribution in [0.2, 0.25) is 5.02 Å². The van der Waals surface area contributed by atoms with Gasteiger partial charge in [-0.1, -0.05) is 76.1 Å². The summed E-state index contributed by atoms with van der Waals surface area (Å²) in [6.45, 7) is 2.60. The van der Waals surface area contributed by atoms with Crippen molar-refractivity contribution in [3.8, 4) is 0 Å². The lowest BCUT2D eigenvalue weighted by atomic mass is 10.0. The van der Waals surface area contributed by atoms with Crippen LogP contribution < -0.4 is 5.32 Å². The number of halogens is 3. The molecule has 0 aromatic heterocycles. The SMILES string of the molecule is CCNC(=O)[C@@H](Cc1ccccc1)N(Cc1ccc(Br)cc1)C(=O)CSCc1c(F)cccc1Cl. The third-order valence-corrected chi connectivity index (χ3v) is 7.25. The number of carbonyl (C=O) groups excluding carboxylic acids is 2. The van der Waals surface area contributed by atoms with Gasteiger partial charge in [0.15, 0.2) is 0 Å². The molecule has 0 spiro atoms. The van der Waals surface area contributed by atoms with Gasteiger partial charge in [0.2, 0.25) is 11.8 Å². The number of amides is 2. The molecule has 35 heavy (non-hydrogen) atoms. The van der Waals surface area contributed by atoms with Gasteiger partial charge in [-0.05, 0) is 42.3 Å². The molecule has 0 fully saturated rings. The second-order valence-electron chi connectivity index (χ2n) is 7.94. The molecule has 2 amide bonds. The first kappa shape index (κ1) is 27.2. The van der Waals surface area contributed by atoms with Crippen LogP contribution in [0.4, 0.5) is 4.39 Å². The number of benzene rings is 3. The zero-order chi connectivity index (χ0) is 25.2. The minimum absolute atomic E-state index is 0.0892. The number of thioether (sulfide) groups is 1. The highest BCUT2D eigenvalue weighted by atomic mass is 79.9. The average molecular weight is 578 g/mol. The fourth-order valence-electron chi connectivity index (χ4n) is 3.63. The minimum Gasteiger partial charge on any atom is -0.355 e. The van der Waals surface area contributed by atoms with Crippen molar-refractivity contribution in [2.24, 2.45) is 0 Å². The van der Waals surface area contributed by atoms with Crippen molar-refractivity contribution < 1.29 is 14.0 Å². The van der Waals surface area contributed by atoms with Gasteiger partial charge >= 0.3 is 0 Å². The Hall–Kier alpha value is -2.35. The molecule has 3 aromatic carbocycles. The molecule has 8 heteroatoms. The lowest BCUT2D eigenvalue weighted by Crippen LogP contribution is -2.51. The monoisotopic (exact) mass is 576 g/mol. The van der Waals surface area contributed by atoms with Gasteiger partial charge in [-0.15, -0.1) is 11.8 Å². The fraction of sp³-hybridized carbons (Fsp3) is 0.259. The highest BCUT2D eigenvalue weighted by Gasteiger charge is 2.30. The van der Waals surface area contributed by atoms with Crippen LogP contribution in [0.25, 0.3) is 0 Å². The molecule has 0 radical (unpaired) electrons. The third-order valence-electron chi connectivity index (χ3n) is 5.42. The van der Waals surface area contributed by atoms with Gasteiger partial charge in [0, 0.05) is 40.3 Å². The van der Waals surface area contributed by atoms with Crippen LogP contribution in [-0.4, -0.2) is 35.1 Å². The quantitative estimate of drug-likeness (QED) is 0.293. The predicted octanol–water partition coefficient (Wildman–Crippen LogP) is 6.25. The smallest absolute Gasteiger partial charge is 0.243 e. The number of nitrogens with zero attached hydrogens (tertiary/aromatic N) is 1. The Morgan fingerprint density at radius 2 is 1.74 bits per heavy atom. The van der Waals surface area contributed by atoms with Crippen LogP contribution >= 0.6 is 39.3 Å². The van der Waals surface area contributed by atoms with Crippen molar-refractivity contribution in [1.29, 1.82) is 0 Å². The average Bonchev–Trinajstić information content (AvgIpc) is 2.85. The highest BCUT2D eigenvalue weighted by molar-refractivity contribution is 9.10. The lowest BCUT2D eigenvalue weighted by Gasteiger charge is -2.31. The maximum absolute atomic E-state index is 14.2. The normalized spacial score (nSPS) is 11.7. The molecule has 3 aromatic rings. The molecule has 1 atom stereocenters. The summed E-state index contributed by atoms with van der Waals surface area (Å²) in [6, 6.07) is 21.2. The van der Waals surface area contributed by atoms with Crippen LogP contribution in [0.5, 0.6) is 0 Å². The van der Waals surface area contributed by atoms with E-state index < -0.39 is 11.9 Å². The van der Waals surface area contributed by atoms with E-state index >= 15 is 0 Å². The Morgan fingerprint density at radius 1 is 1.03 bits per heavy atom. The second-order valence-corrected chi connectivity index (χ2v) is 10.2. The summed E-state index contributed by atoms with van der Waals surface area (Å²) in [4.78, 5) is 28.3. The molecule has 4 nitrogen and oxygen atoms in total.